The van der Waals surface area contributed by atoms with Crippen LogP contribution in [0, 0.1) is 6.92 Å². The molecule has 2 amide bonds. The quantitative estimate of drug-likeness (QED) is 0.657. The summed E-state index contributed by atoms with van der Waals surface area (Å²) in [6, 6.07) is 15.8. The summed E-state index contributed by atoms with van der Waals surface area (Å²) in [6.45, 7) is 2.24. The van der Waals surface area contributed by atoms with Crippen LogP contribution in [0.4, 0.5) is 5.82 Å². The van der Waals surface area contributed by atoms with Gasteiger partial charge < -0.3 is 19.9 Å². The molecule has 7 nitrogen and oxygen atoms in total. The molecule has 0 unspecified atom stereocenters. The van der Waals surface area contributed by atoms with Crippen molar-refractivity contribution in [2.75, 3.05) is 19.0 Å². The summed E-state index contributed by atoms with van der Waals surface area (Å²) in [5.74, 6) is 1.23. The normalized spacial score (nSPS) is 10.4. The summed E-state index contributed by atoms with van der Waals surface area (Å²) >= 11 is 0. The third kappa shape index (κ3) is 4.97. The first kappa shape index (κ1) is 19.2. The van der Waals surface area contributed by atoms with Crippen LogP contribution in [0.3, 0.4) is 0 Å². The Morgan fingerprint density at radius 3 is 2.39 bits per heavy atom. The van der Waals surface area contributed by atoms with Gasteiger partial charge >= 0.3 is 0 Å². The Kier molecular flexibility index (Phi) is 6.06. The molecule has 0 aliphatic rings. The van der Waals surface area contributed by atoms with E-state index in [1.807, 2.05) is 24.3 Å². The van der Waals surface area contributed by atoms with Gasteiger partial charge in [0, 0.05) is 23.7 Å². The van der Waals surface area contributed by atoms with E-state index in [0.717, 1.165) is 11.3 Å². The monoisotopic (exact) mass is 379 g/mol. The van der Waals surface area contributed by atoms with E-state index in [9.17, 15) is 9.59 Å². The standard InChI is InChI=1S/C21H21N3O4/c1-14-12-19(24-28-14)23-21(26)17-8-6-16(7-9-17)20(25)22-11-10-15-4-3-5-18(13-15)27-2/h3-9,12-13H,10-11H2,1-2H3,(H,22,25)(H,23,24,26). The molecular formula is C21H21N3O4. The van der Waals surface area contributed by atoms with Crippen LogP contribution in [0.15, 0.2) is 59.1 Å². The first-order chi connectivity index (χ1) is 13.5. The minimum atomic E-state index is -0.321. The molecule has 144 valence electrons. The SMILES string of the molecule is COc1cccc(CCNC(=O)c2ccc(C(=O)Nc3cc(C)on3)cc2)c1. The van der Waals surface area contributed by atoms with Crippen LogP contribution >= 0.6 is 0 Å². The van der Waals surface area contributed by atoms with Crippen LogP contribution in [0.1, 0.15) is 32.0 Å². The van der Waals surface area contributed by atoms with Crippen molar-refractivity contribution in [2.24, 2.45) is 0 Å². The molecule has 0 radical (unpaired) electrons. The molecule has 3 rings (SSSR count). The van der Waals surface area contributed by atoms with E-state index in [1.54, 1.807) is 44.4 Å². The van der Waals surface area contributed by atoms with Gasteiger partial charge in [0.05, 0.1) is 7.11 Å². The lowest BCUT2D eigenvalue weighted by Gasteiger charge is -2.07. The zero-order chi connectivity index (χ0) is 19.9. The molecule has 1 heterocycles. The lowest BCUT2D eigenvalue weighted by molar-refractivity contribution is 0.0952. The molecule has 1 aromatic heterocycles. The number of aromatic nitrogens is 1. The lowest BCUT2D eigenvalue weighted by Crippen LogP contribution is -2.25. The number of nitrogens with zero attached hydrogens (tertiary/aromatic N) is 1. The number of amides is 2. The number of nitrogens with one attached hydrogen (secondary N) is 2. The first-order valence-electron chi connectivity index (χ1n) is 8.81. The summed E-state index contributed by atoms with van der Waals surface area (Å²) in [7, 11) is 1.62. The third-order valence-corrected chi connectivity index (χ3v) is 4.11. The topological polar surface area (TPSA) is 93.5 Å². The average molecular weight is 379 g/mol. The second-order valence-corrected chi connectivity index (χ2v) is 6.21. The van der Waals surface area contributed by atoms with E-state index in [0.29, 0.717) is 35.7 Å². The number of carbonyl (C=O) groups excluding carboxylic acids is 2. The highest BCUT2D eigenvalue weighted by Crippen LogP contribution is 2.13. The summed E-state index contributed by atoms with van der Waals surface area (Å²) in [5.41, 5.74) is 1.99. The van der Waals surface area contributed by atoms with E-state index in [2.05, 4.69) is 15.8 Å². The predicted molar refractivity (Wildman–Crippen MR) is 105 cm³/mol. The molecule has 2 N–H and O–H groups in total. The smallest absolute Gasteiger partial charge is 0.256 e. The zero-order valence-corrected chi connectivity index (χ0v) is 15.7. The number of methoxy groups -OCH3 is 1. The van der Waals surface area contributed by atoms with E-state index >= 15 is 0 Å². The minimum Gasteiger partial charge on any atom is -0.497 e. The van der Waals surface area contributed by atoms with Crippen molar-refractivity contribution < 1.29 is 18.8 Å². The van der Waals surface area contributed by atoms with Crippen LogP contribution in [-0.4, -0.2) is 30.6 Å². The van der Waals surface area contributed by atoms with Crippen LogP contribution in [0.2, 0.25) is 0 Å². The molecule has 0 saturated heterocycles. The van der Waals surface area contributed by atoms with Crippen LogP contribution in [0.25, 0.3) is 0 Å². The summed E-state index contributed by atoms with van der Waals surface area (Å²) in [4.78, 5) is 24.5. The molecule has 0 aliphatic carbocycles. The molecule has 2 aromatic carbocycles. The summed E-state index contributed by atoms with van der Waals surface area (Å²) in [5, 5.41) is 9.23. The van der Waals surface area contributed by atoms with Gasteiger partial charge in [0.25, 0.3) is 11.8 Å². The third-order valence-electron chi connectivity index (χ3n) is 4.11. The van der Waals surface area contributed by atoms with Crippen molar-refractivity contribution in [3.63, 3.8) is 0 Å². The highest BCUT2D eigenvalue weighted by atomic mass is 16.5. The molecule has 7 heteroatoms. The number of hydrogen-bond acceptors (Lipinski definition) is 5. The van der Waals surface area contributed by atoms with Gasteiger partial charge in [-0.3, -0.25) is 9.59 Å². The Morgan fingerprint density at radius 2 is 1.75 bits per heavy atom. The summed E-state index contributed by atoms with van der Waals surface area (Å²) < 4.78 is 10.1. The minimum absolute atomic E-state index is 0.193. The number of aryl methyl sites for hydroxylation is 1. The van der Waals surface area contributed by atoms with Gasteiger partial charge in [-0.05, 0) is 55.3 Å². The van der Waals surface area contributed by atoms with Crippen molar-refractivity contribution in [1.82, 2.24) is 10.5 Å². The molecule has 3 aromatic rings. The highest BCUT2D eigenvalue weighted by molar-refractivity contribution is 6.04. The molecule has 0 bridgehead atoms. The van der Waals surface area contributed by atoms with Crippen molar-refractivity contribution in [2.45, 2.75) is 13.3 Å². The number of anilines is 1. The maximum absolute atomic E-state index is 12.3. The second-order valence-electron chi connectivity index (χ2n) is 6.21. The second kappa shape index (κ2) is 8.85. The Bertz CT molecular complexity index is 964. The van der Waals surface area contributed by atoms with Gasteiger partial charge in [0.2, 0.25) is 0 Å². The lowest BCUT2D eigenvalue weighted by atomic mass is 10.1. The summed E-state index contributed by atoms with van der Waals surface area (Å²) in [6.07, 6.45) is 0.695. The largest absolute Gasteiger partial charge is 0.497 e. The molecule has 0 aliphatic heterocycles. The Hall–Kier alpha value is -3.61. The van der Waals surface area contributed by atoms with Crippen molar-refractivity contribution in [3.8, 4) is 5.75 Å². The molecule has 0 saturated carbocycles. The van der Waals surface area contributed by atoms with Gasteiger partial charge in [-0.15, -0.1) is 0 Å². The molecule has 0 fully saturated rings. The van der Waals surface area contributed by atoms with Crippen LogP contribution in [-0.2, 0) is 6.42 Å². The Morgan fingerprint density at radius 1 is 1.04 bits per heavy atom. The van der Waals surface area contributed by atoms with E-state index in [-0.39, 0.29) is 11.8 Å². The van der Waals surface area contributed by atoms with E-state index in [1.165, 1.54) is 0 Å². The number of carbonyl (C=O) groups is 2. The number of ether oxygens (including phenoxy) is 1. The van der Waals surface area contributed by atoms with Crippen molar-refractivity contribution in [1.29, 1.82) is 0 Å². The van der Waals surface area contributed by atoms with Crippen LogP contribution in [0.5, 0.6) is 5.75 Å². The Labute approximate surface area is 162 Å². The van der Waals surface area contributed by atoms with Gasteiger partial charge in [0.15, 0.2) is 5.82 Å². The van der Waals surface area contributed by atoms with Gasteiger partial charge in [-0.25, -0.2) is 0 Å². The number of benzene rings is 2. The highest BCUT2D eigenvalue weighted by Gasteiger charge is 2.11. The van der Waals surface area contributed by atoms with Crippen molar-refractivity contribution >= 4 is 17.6 Å². The predicted octanol–water partition coefficient (Wildman–Crippen LogP) is 3.22. The van der Waals surface area contributed by atoms with E-state index in [4.69, 9.17) is 9.26 Å². The first-order valence-corrected chi connectivity index (χ1v) is 8.81. The fourth-order valence-electron chi connectivity index (χ4n) is 2.64. The fourth-order valence-corrected chi connectivity index (χ4v) is 2.64. The molecule has 28 heavy (non-hydrogen) atoms. The van der Waals surface area contributed by atoms with Gasteiger partial charge in [-0.1, -0.05) is 17.3 Å². The number of rotatable bonds is 7. The molecule has 0 atom stereocenters. The molecular weight excluding hydrogens is 358 g/mol. The average Bonchev–Trinajstić information content (AvgIpc) is 3.12. The zero-order valence-electron chi connectivity index (χ0n) is 15.7. The van der Waals surface area contributed by atoms with Crippen molar-refractivity contribution in [3.05, 3.63) is 77.0 Å². The maximum Gasteiger partial charge on any atom is 0.256 e. The molecule has 0 spiro atoms. The van der Waals surface area contributed by atoms with E-state index < -0.39 is 0 Å². The van der Waals surface area contributed by atoms with Gasteiger partial charge in [0.1, 0.15) is 11.5 Å². The Balaban J connectivity index is 1.52. The van der Waals surface area contributed by atoms with Gasteiger partial charge in [-0.2, -0.15) is 0 Å². The maximum atomic E-state index is 12.3. The fraction of sp³-hybridized carbons (Fsp3) is 0.190. The number of hydrogen-bond donors (Lipinski definition) is 2. The van der Waals surface area contributed by atoms with Crippen LogP contribution < -0.4 is 15.4 Å².